The minimum atomic E-state index is -3.77. The van der Waals surface area contributed by atoms with Gasteiger partial charge in [0.25, 0.3) is 11.8 Å². The summed E-state index contributed by atoms with van der Waals surface area (Å²) in [7, 11) is -2.36. The van der Waals surface area contributed by atoms with Gasteiger partial charge in [-0.25, -0.2) is 8.42 Å². The van der Waals surface area contributed by atoms with Crippen LogP contribution in [0, 0.1) is 6.92 Å². The van der Waals surface area contributed by atoms with E-state index in [-0.39, 0.29) is 34.9 Å². The molecule has 0 spiro atoms. The zero-order valence-corrected chi connectivity index (χ0v) is 18.5. The van der Waals surface area contributed by atoms with Gasteiger partial charge in [-0.05, 0) is 42.8 Å². The fourth-order valence-corrected chi connectivity index (χ4v) is 4.65. The number of hydrogen-bond donors (Lipinski definition) is 2. The Labute approximate surface area is 185 Å². The molecule has 1 saturated heterocycles. The first-order valence-electron chi connectivity index (χ1n) is 9.37. The molecule has 1 aliphatic heterocycles. The summed E-state index contributed by atoms with van der Waals surface area (Å²) in [5.74, 6) is -1.01. The molecule has 0 radical (unpaired) electrons. The summed E-state index contributed by atoms with van der Waals surface area (Å²) >= 11 is 5.93. The summed E-state index contributed by atoms with van der Waals surface area (Å²) in [6, 6.07) is 8.79. The van der Waals surface area contributed by atoms with Gasteiger partial charge in [0.05, 0.1) is 30.8 Å². The molecule has 1 aliphatic rings. The Kier molecular flexibility index (Phi) is 7.16. The van der Waals surface area contributed by atoms with Crippen LogP contribution in [-0.4, -0.2) is 58.0 Å². The van der Waals surface area contributed by atoms with Crippen LogP contribution in [0.2, 0.25) is 5.02 Å². The predicted octanol–water partition coefficient (Wildman–Crippen LogP) is 1.75. The lowest BCUT2D eigenvalue weighted by Crippen LogP contribution is -2.42. The Hall–Kier alpha value is -2.66. The third-order valence-corrected chi connectivity index (χ3v) is 6.89. The van der Waals surface area contributed by atoms with Crippen molar-refractivity contribution in [2.24, 2.45) is 0 Å². The first-order chi connectivity index (χ1) is 14.7. The number of carbonyl (C=O) groups excluding carboxylic acids is 2. The summed E-state index contributed by atoms with van der Waals surface area (Å²) in [4.78, 5) is 25.1. The third-order valence-electron chi connectivity index (χ3n) is 4.76. The maximum absolute atomic E-state index is 12.9. The van der Waals surface area contributed by atoms with Gasteiger partial charge in [0.1, 0.15) is 5.75 Å². The molecule has 9 nitrogen and oxygen atoms in total. The van der Waals surface area contributed by atoms with E-state index in [1.54, 1.807) is 19.1 Å². The molecule has 166 valence electrons. The standard InChI is InChI=1S/C20H22ClN3O6S/c1-13-3-5-15(31(27,28)24-7-9-30-10-8-24)12-16(13)19(25)22-23-20(26)17-11-14(21)4-6-18(17)29-2/h3-6,11-12H,7-10H2,1-2H3,(H,22,25)(H,23,26). The van der Waals surface area contributed by atoms with Gasteiger partial charge >= 0.3 is 0 Å². The Morgan fingerprint density at radius 2 is 1.68 bits per heavy atom. The van der Waals surface area contributed by atoms with Crippen LogP contribution >= 0.6 is 11.6 Å². The zero-order chi connectivity index (χ0) is 22.6. The molecule has 31 heavy (non-hydrogen) atoms. The number of hydrogen-bond acceptors (Lipinski definition) is 6. The van der Waals surface area contributed by atoms with E-state index in [0.29, 0.717) is 23.8 Å². The highest BCUT2D eigenvalue weighted by Gasteiger charge is 2.27. The SMILES string of the molecule is COc1ccc(Cl)cc1C(=O)NNC(=O)c1cc(S(=O)(=O)N2CCOCC2)ccc1C. The minimum absolute atomic E-state index is 0.00649. The van der Waals surface area contributed by atoms with Crippen molar-refractivity contribution < 1.29 is 27.5 Å². The number of carbonyl (C=O) groups is 2. The highest BCUT2D eigenvalue weighted by molar-refractivity contribution is 7.89. The fraction of sp³-hybridized carbons (Fsp3) is 0.300. The molecule has 2 N–H and O–H groups in total. The number of benzene rings is 2. The summed E-state index contributed by atoms with van der Waals surface area (Å²) < 4.78 is 37.4. The Morgan fingerprint density at radius 1 is 1.03 bits per heavy atom. The van der Waals surface area contributed by atoms with Crippen LogP contribution in [-0.2, 0) is 14.8 Å². The number of sulfonamides is 1. The number of morpholine rings is 1. The third kappa shape index (κ3) is 5.16. The van der Waals surface area contributed by atoms with Gasteiger partial charge < -0.3 is 9.47 Å². The van der Waals surface area contributed by atoms with Crippen LogP contribution in [0.1, 0.15) is 26.3 Å². The molecule has 11 heteroatoms. The molecule has 3 rings (SSSR count). The number of rotatable bonds is 5. The number of halogens is 1. The van der Waals surface area contributed by atoms with E-state index in [1.807, 2.05) is 0 Å². The number of hydrazine groups is 1. The highest BCUT2D eigenvalue weighted by Crippen LogP contribution is 2.23. The summed E-state index contributed by atoms with van der Waals surface area (Å²) in [6.07, 6.45) is 0. The summed E-state index contributed by atoms with van der Waals surface area (Å²) in [6.45, 7) is 2.79. The first-order valence-corrected chi connectivity index (χ1v) is 11.2. The van der Waals surface area contributed by atoms with Crippen molar-refractivity contribution in [3.8, 4) is 5.75 Å². The smallest absolute Gasteiger partial charge is 0.273 e. The molecular formula is C20H22ClN3O6S. The normalized spacial score (nSPS) is 14.7. The monoisotopic (exact) mass is 467 g/mol. The van der Waals surface area contributed by atoms with Gasteiger partial charge in [0.2, 0.25) is 10.0 Å². The second kappa shape index (κ2) is 9.65. The van der Waals surface area contributed by atoms with E-state index in [1.165, 1.54) is 35.7 Å². The summed E-state index contributed by atoms with van der Waals surface area (Å²) in [5, 5.41) is 0.328. The van der Waals surface area contributed by atoms with Crippen molar-refractivity contribution in [1.82, 2.24) is 15.2 Å². The van der Waals surface area contributed by atoms with Crippen LogP contribution in [0.5, 0.6) is 5.75 Å². The van der Waals surface area contributed by atoms with Crippen molar-refractivity contribution in [3.63, 3.8) is 0 Å². The number of methoxy groups -OCH3 is 1. The topological polar surface area (TPSA) is 114 Å². The van der Waals surface area contributed by atoms with Crippen molar-refractivity contribution in [3.05, 3.63) is 58.1 Å². The molecule has 0 aromatic heterocycles. The average molecular weight is 468 g/mol. The highest BCUT2D eigenvalue weighted by atomic mass is 35.5. The zero-order valence-electron chi connectivity index (χ0n) is 17.0. The second-order valence-corrected chi connectivity index (χ2v) is 9.12. The van der Waals surface area contributed by atoms with E-state index in [0.717, 1.165) is 0 Å². The molecular weight excluding hydrogens is 446 g/mol. The predicted molar refractivity (Wildman–Crippen MR) is 114 cm³/mol. The van der Waals surface area contributed by atoms with Crippen LogP contribution < -0.4 is 15.6 Å². The van der Waals surface area contributed by atoms with Crippen LogP contribution in [0.3, 0.4) is 0 Å². The molecule has 0 atom stereocenters. The van der Waals surface area contributed by atoms with Crippen LogP contribution in [0.25, 0.3) is 0 Å². The van der Waals surface area contributed by atoms with Crippen LogP contribution in [0.15, 0.2) is 41.3 Å². The number of amides is 2. The molecule has 1 fully saturated rings. The first kappa shape index (κ1) is 23.0. The number of ether oxygens (including phenoxy) is 2. The van der Waals surface area contributed by atoms with Crippen molar-refractivity contribution in [2.75, 3.05) is 33.4 Å². The lowest BCUT2D eigenvalue weighted by atomic mass is 10.1. The van der Waals surface area contributed by atoms with E-state index >= 15 is 0 Å². The molecule has 0 bridgehead atoms. The molecule has 1 heterocycles. The fourth-order valence-electron chi connectivity index (χ4n) is 3.05. The van der Waals surface area contributed by atoms with E-state index in [9.17, 15) is 18.0 Å². The van der Waals surface area contributed by atoms with Gasteiger partial charge in [-0.15, -0.1) is 0 Å². The van der Waals surface area contributed by atoms with Gasteiger partial charge in [-0.2, -0.15) is 4.31 Å². The Bertz CT molecular complexity index is 1100. The minimum Gasteiger partial charge on any atom is -0.496 e. The number of aryl methyl sites for hydroxylation is 1. The molecule has 0 saturated carbocycles. The second-order valence-electron chi connectivity index (χ2n) is 6.75. The average Bonchev–Trinajstić information content (AvgIpc) is 2.78. The van der Waals surface area contributed by atoms with E-state index in [2.05, 4.69) is 10.9 Å². The maximum atomic E-state index is 12.9. The van der Waals surface area contributed by atoms with E-state index in [4.69, 9.17) is 21.1 Å². The Balaban J connectivity index is 1.77. The lowest BCUT2D eigenvalue weighted by Gasteiger charge is -2.26. The van der Waals surface area contributed by atoms with Crippen molar-refractivity contribution in [1.29, 1.82) is 0 Å². The van der Waals surface area contributed by atoms with Gasteiger partial charge in [-0.3, -0.25) is 20.4 Å². The quantitative estimate of drug-likeness (QED) is 0.647. The van der Waals surface area contributed by atoms with Crippen LogP contribution in [0.4, 0.5) is 0 Å². The molecule has 0 aliphatic carbocycles. The van der Waals surface area contributed by atoms with Gasteiger partial charge in [-0.1, -0.05) is 17.7 Å². The molecule has 2 aromatic carbocycles. The van der Waals surface area contributed by atoms with Gasteiger partial charge in [0.15, 0.2) is 0 Å². The van der Waals surface area contributed by atoms with Crippen molar-refractivity contribution in [2.45, 2.75) is 11.8 Å². The lowest BCUT2D eigenvalue weighted by molar-refractivity contribution is 0.0730. The summed E-state index contributed by atoms with van der Waals surface area (Å²) in [5.41, 5.74) is 5.40. The number of nitrogens with one attached hydrogen (secondary N) is 2. The molecule has 2 aromatic rings. The Morgan fingerprint density at radius 3 is 2.32 bits per heavy atom. The maximum Gasteiger partial charge on any atom is 0.273 e. The number of nitrogens with zero attached hydrogens (tertiary/aromatic N) is 1. The van der Waals surface area contributed by atoms with Crippen molar-refractivity contribution >= 4 is 33.4 Å². The van der Waals surface area contributed by atoms with Gasteiger partial charge in [0, 0.05) is 23.7 Å². The molecule has 2 amide bonds. The van der Waals surface area contributed by atoms with E-state index < -0.39 is 21.8 Å². The largest absolute Gasteiger partial charge is 0.496 e. The molecule has 0 unspecified atom stereocenters.